The molecule has 0 aliphatic rings. The Kier molecular flexibility index (Phi) is 5.36. The molecule has 9 heterocycles. The molecule has 0 aliphatic carbocycles. The van der Waals surface area contributed by atoms with E-state index < -0.39 is 0 Å². The van der Waals surface area contributed by atoms with Crippen molar-refractivity contribution in [1.29, 1.82) is 0 Å². The van der Waals surface area contributed by atoms with Crippen LogP contribution in [0.5, 0.6) is 0 Å². The molecule has 0 unspecified atom stereocenters. The second-order valence-electron chi connectivity index (χ2n) is 9.13. The Hall–Kier alpha value is -3.82. The van der Waals surface area contributed by atoms with Crippen LogP contribution in [-0.2, 0) is 0 Å². The van der Waals surface area contributed by atoms with Crippen molar-refractivity contribution < 1.29 is 0 Å². The third-order valence-electron chi connectivity index (χ3n) is 6.89. The van der Waals surface area contributed by atoms with Crippen molar-refractivity contribution in [2.45, 2.75) is 0 Å². The van der Waals surface area contributed by atoms with Crippen molar-refractivity contribution >= 4 is 79.9 Å². The highest BCUT2D eigenvalue weighted by molar-refractivity contribution is 7.43. The normalized spacial score (nSPS) is 11.8. The summed E-state index contributed by atoms with van der Waals surface area (Å²) < 4.78 is 0. The Morgan fingerprint density at radius 2 is 0.417 bits per heavy atom. The fourth-order valence-corrected chi connectivity index (χ4v) is 7.12. The van der Waals surface area contributed by atoms with Gasteiger partial charge in [0.1, 0.15) is 0 Å². The Morgan fingerprint density at radius 1 is 0.222 bits per heavy atom. The lowest BCUT2D eigenvalue weighted by Gasteiger charge is -2.01. The van der Waals surface area contributed by atoms with Crippen molar-refractivity contribution in [3.8, 4) is 0 Å². The van der Waals surface area contributed by atoms with Gasteiger partial charge in [-0.2, -0.15) is 0 Å². The summed E-state index contributed by atoms with van der Waals surface area (Å²) in [7, 11) is 2.48. The topological polar surface area (TPSA) is 0 Å². The molecule has 36 heavy (non-hydrogen) atoms. The van der Waals surface area contributed by atoms with Crippen LogP contribution in [-0.4, -0.2) is 0 Å². The van der Waals surface area contributed by atoms with Crippen LogP contribution in [0.1, 0.15) is 0 Å². The number of rotatable bonds is 0. The first-order chi connectivity index (χ1) is 17.8. The summed E-state index contributed by atoms with van der Waals surface area (Å²) in [6, 6.07) is 49.3. The Balaban J connectivity index is 1.58. The minimum Gasteiger partial charge on any atom is -0.0603 e. The molecule has 0 amide bonds. The fourth-order valence-electron chi connectivity index (χ4n) is 4.85. The molecule has 0 nitrogen and oxygen atoms in total. The maximum atomic E-state index is 2.26. The summed E-state index contributed by atoms with van der Waals surface area (Å²) in [5.74, 6) is 0. The molecular weight excluding hydrogens is 470 g/mol. The highest BCUT2D eigenvalue weighted by atomic mass is 31.0. The summed E-state index contributed by atoms with van der Waals surface area (Å²) in [4.78, 5) is 0. The van der Waals surface area contributed by atoms with Crippen LogP contribution in [0.25, 0.3) is 63.6 Å². The molecule has 168 valence electrons. The number of benzene rings is 4. The Morgan fingerprint density at radius 3 is 0.639 bits per heavy atom. The zero-order chi connectivity index (χ0) is 23.9. The third-order valence-corrected chi connectivity index (χ3v) is 9.48. The van der Waals surface area contributed by atoms with E-state index >= 15 is 0 Å². The van der Waals surface area contributed by atoms with E-state index in [1.165, 1.54) is 79.9 Å². The maximum Gasteiger partial charge on any atom is 0.00961 e. The minimum atomic E-state index is 1.24. The maximum absolute atomic E-state index is 2.26. The zero-order valence-corrected chi connectivity index (χ0v) is 21.4. The van der Waals surface area contributed by atoms with Gasteiger partial charge in [0.15, 0.2) is 0 Å². The van der Waals surface area contributed by atoms with Crippen molar-refractivity contribution in [1.82, 2.24) is 0 Å². The number of hydrogen-bond donors (Lipinski definition) is 0. The van der Waals surface area contributed by atoms with Crippen LogP contribution in [0.4, 0.5) is 0 Å². The van der Waals surface area contributed by atoms with E-state index in [9.17, 15) is 0 Å². The molecule has 12 bridgehead atoms. The lowest BCUT2D eigenvalue weighted by atomic mass is 10.1. The standard InChI is InChI=1S/C34H22P2/c1-3-31-27-15-7-23(8-16-27)25-11-19-29(20-12-25)33-5-2-6-34(36-33)30-21-13-26(14-22-30)24-9-17-28(18-10-24)32(4-1)35-31/h1-22H. The highest BCUT2D eigenvalue weighted by Gasteiger charge is 1.98. The minimum absolute atomic E-state index is 1.24. The summed E-state index contributed by atoms with van der Waals surface area (Å²) in [5, 5.41) is 15.4. The van der Waals surface area contributed by atoms with Gasteiger partial charge in [0.2, 0.25) is 0 Å². The van der Waals surface area contributed by atoms with Crippen molar-refractivity contribution in [2.24, 2.45) is 0 Å². The molecule has 0 radical (unpaired) electrons. The molecule has 0 N–H and O–H groups in total. The number of hydrogen-bond acceptors (Lipinski definition) is 0. The van der Waals surface area contributed by atoms with Crippen LogP contribution >= 0.6 is 16.4 Å². The van der Waals surface area contributed by atoms with Gasteiger partial charge in [-0.15, -0.1) is 0 Å². The second kappa shape index (κ2) is 9.00. The predicted octanol–water partition coefficient (Wildman–Crippen LogP) is 11.5. The Bertz CT molecular complexity index is 1680. The van der Waals surface area contributed by atoms with Crippen LogP contribution in [0, 0.1) is 0 Å². The van der Waals surface area contributed by atoms with Gasteiger partial charge in [0, 0.05) is 20.5 Å². The molecule has 0 spiro atoms. The third kappa shape index (κ3) is 4.00. The molecule has 0 fully saturated rings. The van der Waals surface area contributed by atoms with Crippen LogP contribution in [0.3, 0.4) is 0 Å². The molecule has 4 aromatic carbocycles. The molecule has 13 aromatic rings. The largest absolute Gasteiger partial charge is 0.0603 e. The van der Waals surface area contributed by atoms with E-state index in [0.29, 0.717) is 0 Å². The van der Waals surface area contributed by atoms with Crippen molar-refractivity contribution in [3.05, 3.63) is 133 Å². The van der Waals surface area contributed by atoms with E-state index in [2.05, 4.69) is 133 Å². The van der Waals surface area contributed by atoms with Crippen LogP contribution < -0.4 is 0 Å². The monoisotopic (exact) mass is 492 g/mol. The van der Waals surface area contributed by atoms with Crippen molar-refractivity contribution in [3.63, 3.8) is 0 Å². The summed E-state index contributed by atoms with van der Waals surface area (Å²) in [6.07, 6.45) is 0. The molecule has 0 atom stereocenters. The quantitative estimate of drug-likeness (QED) is 0.197. The van der Waals surface area contributed by atoms with Gasteiger partial charge >= 0.3 is 0 Å². The predicted molar refractivity (Wildman–Crippen MR) is 163 cm³/mol. The SMILES string of the molecule is c1cc2pc(c1)c1ccc(cc1)c1ccc(cc1)c1cccc(p1)c1ccc(cc1)c1ccc2cc1. The summed E-state index contributed by atoms with van der Waals surface area (Å²) in [6.45, 7) is 0. The molecule has 0 saturated carbocycles. The van der Waals surface area contributed by atoms with Gasteiger partial charge in [0.25, 0.3) is 0 Å². The zero-order valence-electron chi connectivity index (χ0n) is 19.6. The molecule has 9 aromatic heterocycles. The summed E-state index contributed by atoms with van der Waals surface area (Å²) in [5.41, 5.74) is 0. The molecular formula is C34H22P2. The first-order valence-electron chi connectivity index (χ1n) is 12.2. The summed E-state index contributed by atoms with van der Waals surface area (Å²) >= 11 is 0. The van der Waals surface area contributed by atoms with E-state index in [-0.39, 0.29) is 0 Å². The van der Waals surface area contributed by atoms with Crippen LogP contribution in [0.2, 0.25) is 0 Å². The molecule has 2 heteroatoms. The average molecular weight is 492 g/mol. The van der Waals surface area contributed by atoms with Gasteiger partial charge in [0.05, 0.1) is 0 Å². The van der Waals surface area contributed by atoms with E-state index in [4.69, 9.17) is 0 Å². The van der Waals surface area contributed by atoms with Crippen LogP contribution in [0.15, 0.2) is 133 Å². The van der Waals surface area contributed by atoms with Gasteiger partial charge < -0.3 is 0 Å². The Labute approximate surface area is 213 Å². The second-order valence-corrected chi connectivity index (χ2v) is 11.5. The lowest BCUT2D eigenvalue weighted by molar-refractivity contribution is 1.81. The highest BCUT2D eigenvalue weighted by Crippen LogP contribution is 2.32. The van der Waals surface area contributed by atoms with E-state index in [0.717, 1.165) is 0 Å². The molecule has 13 rings (SSSR count). The fraction of sp³-hybridized carbons (Fsp3) is 0. The van der Waals surface area contributed by atoms with Gasteiger partial charge in [-0.3, -0.25) is 0 Å². The van der Waals surface area contributed by atoms with E-state index in [1.807, 2.05) is 0 Å². The lowest BCUT2D eigenvalue weighted by Crippen LogP contribution is -1.72. The first-order valence-corrected chi connectivity index (χ1v) is 14.0. The smallest absolute Gasteiger partial charge is 0.00961 e. The van der Waals surface area contributed by atoms with Gasteiger partial charge in [-0.1, -0.05) is 126 Å². The van der Waals surface area contributed by atoms with Gasteiger partial charge in [-0.25, -0.2) is 0 Å². The average Bonchev–Trinajstić information content (AvgIpc) is 2.97. The first kappa shape index (κ1) is 21.5. The van der Waals surface area contributed by atoms with E-state index in [1.54, 1.807) is 0 Å². The van der Waals surface area contributed by atoms with Gasteiger partial charge in [-0.05, 0) is 67.4 Å². The van der Waals surface area contributed by atoms with Crippen molar-refractivity contribution in [2.75, 3.05) is 0 Å². The molecule has 0 saturated heterocycles. The molecule has 0 aliphatic heterocycles.